The third-order valence-corrected chi connectivity index (χ3v) is 4.59. The molecule has 4 heteroatoms. The molecule has 0 radical (unpaired) electrons. The van der Waals surface area contributed by atoms with Gasteiger partial charge in [-0.2, -0.15) is 13.2 Å². The van der Waals surface area contributed by atoms with E-state index in [9.17, 15) is 13.2 Å². The van der Waals surface area contributed by atoms with Crippen LogP contribution in [-0.4, -0.2) is 18.8 Å². The van der Waals surface area contributed by atoms with Crippen molar-refractivity contribution >= 4 is 0 Å². The molecule has 20 heavy (non-hydrogen) atoms. The molecule has 3 unspecified atom stereocenters. The van der Waals surface area contributed by atoms with Crippen LogP contribution >= 0.6 is 0 Å². The van der Waals surface area contributed by atoms with E-state index in [4.69, 9.17) is 0 Å². The molecule has 120 valence electrons. The summed E-state index contributed by atoms with van der Waals surface area (Å²) >= 11 is 0. The lowest BCUT2D eigenvalue weighted by atomic mass is 9.73. The number of nitrogens with one attached hydrogen (secondary N) is 1. The Morgan fingerprint density at radius 1 is 1.05 bits per heavy atom. The molecule has 0 saturated heterocycles. The Morgan fingerprint density at radius 2 is 1.75 bits per heavy atom. The number of hydrogen-bond acceptors (Lipinski definition) is 1. The Labute approximate surface area is 121 Å². The van der Waals surface area contributed by atoms with Crippen LogP contribution in [0.4, 0.5) is 13.2 Å². The van der Waals surface area contributed by atoms with Crippen LogP contribution in [0.15, 0.2) is 0 Å². The minimum Gasteiger partial charge on any atom is -0.314 e. The standard InChI is InChI=1S/C16H30F3N/c1-3-5-6-7-12-15(20-4-2)13-10-8-9-11-14(13)16(17,18)19/h13-15,20H,3-12H2,1-2H3. The Hall–Kier alpha value is -0.250. The summed E-state index contributed by atoms with van der Waals surface area (Å²) in [7, 11) is 0. The van der Waals surface area contributed by atoms with E-state index in [-0.39, 0.29) is 12.0 Å². The summed E-state index contributed by atoms with van der Waals surface area (Å²) in [6.07, 6.45) is 4.15. The molecule has 0 heterocycles. The first-order chi connectivity index (χ1) is 9.50. The zero-order valence-corrected chi connectivity index (χ0v) is 12.9. The molecule has 0 aromatic heterocycles. The van der Waals surface area contributed by atoms with Gasteiger partial charge in [0.1, 0.15) is 0 Å². The van der Waals surface area contributed by atoms with Crippen LogP contribution in [0.5, 0.6) is 0 Å². The van der Waals surface area contributed by atoms with Crippen molar-refractivity contribution in [2.45, 2.75) is 83.9 Å². The molecule has 3 atom stereocenters. The van der Waals surface area contributed by atoms with Crippen molar-refractivity contribution in [3.8, 4) is 0 Å². The summed E-state index contributed by atoms with van der Waals surface area (Å²) in [6, 6.07) is 0.0452. The highest BCUT2D eigenvalue weighted by Crippen LogP contribution is 2.43. The lowest BCUT2D eigenvalue weighted by Crippen LogP contribution is -2.45. The van der Waals surface area contributed by atoms with Crippen molar-refractivity contribution in [1.82, 2.24) is 5.32 Å². The van der Waals surface area contributed by atoms with Crippen LogP contribution in [0, 0.1) is 11.8 Å². The molecule has 0 aromatic carbocycles. The molecular formula is C16H30F3N. The fraction of sp³-hybridized carbons (Fsp3) is 1.00. The predicted octanol–water partition coefficient (Wildman–Crippen LogP) is 5.30. The van der Waals surface area contributed by atoms with Gasteiger partial charge in [-0.25, -0.2) is 0 Å². The van der Waals surface area contributed by atoms with Gasteiger partial charge in [0.25, 0.3) is 0 Å². The van der Waals surface area contributed by atoms with Gasteiger partial charge in [0.2, 0.25) is 0 Å². The molecule has 1 rings (SSSR count). The van der Waals surface area contributed by atoms with Crippen LogP contribution in [-0.2, 0) is 0 Å². The normalized spacial score (nSPS) is 25.6. The topological polar surface area (TPSA) is 12.0 Å². The van der Waals surface area contributed by atoms with Crippen molar-refractivity contribution in [3.05, 3.63) is 0 Å². The molecule has 0 aromatic rings. The summed E-state index contributed by atoms with van der Waals surface area (Å²) < 4.78 is 39.6. The summed E-state index contributed by atoms with van der Waals surface area (Å²) in [4.78, 5) is 0. The maximum atomic E-state index is 13.2. The van der Waals surface area contributed by atoms with E-state index in [2.05, 4.69) is 12.2 Å². The minimum atomic E-state index is -4.03. The van der Waals surface area contributed by atoms with Crippen molar-refractivity contribution < 1.29 is 13.2 Å². The van der Waals surface area contributed by atoms with Gasteiger partial charge in [-0.15, -0.1) is 0 Å². The fourth-order valence-corrected chi connectivity index (χ4v) is 3.57. The lowest BCUT2D eigenvalue weighted by molar-refractivity contribution is -0.199. The van der Waals surface area contributed by atoms with Crippen LogP contribution in [0.3, 0.4) is 0 Å². The zero-order chi connectivity index (χ0) is 15.0. The third kappa shape index (κ3) is 5.63. The van der Waals surface area contributed by atoms with Gasteiger partial charge in [0.15, 0.2) is 0 Å². The van der Waals surface area contributed by atoms with E-state index in [1.54, 1.807) is 0 Å². The maximum Gasteiger partial charge on any atom is 0.392 e. The lowest BCUT2D eigenvalue weighted by Gasteiger charge is -2.38. The Bertz CT molecular complexity index is 253. The molecule has 1 N–H and O–H groups in total. The van der Waals surface area contributed by atoms with Gasteiger partial charge < -0.3 is 5.32 Å². The number of rotatable bonds is 8. The van der Waals surface area contributed by atoms with Crippen molar-refractivity contribution in [3.63, 3.8) is 0 Å². The number of hydrogen-bond donors (Lipinski definition) is 1. The van der Waals surface area contributed by atoms with Gasteiger partial charge in [-0.05, 0) is 31.7 Å². The van der Waals surface area contributed by atoms with Gasteiger partial charge >= 0.3 is 6.18 Å². The molecule has 0 amide bonds. The Balaban J connectivity index is 2.61. The monoisotopic (exact) mass is 293 g/mol. The van der Waals surface area contributed by atoms with E-state index >= 15 is 0 Å². The molecule has 1 saturated carbocycles. The predicted molar refractivity (Wildman–Crippen MR) is 77.7 cm³/mol. The summed E-state index contributed by atoms with van der Waals surface area (Å²) in [6.45, 7) is 4.91. The number of halogens is 3. The summed E-state index contributed by atoms with van der Waals surface area (Å²) in [5, 5.41) is 3.33. The van der Waals surface area contributed by atoms with E-state index in [0.29, 0.717) is 6.42 Å². The first kappa shape index (κ1) is 17.8. The van der Waals surface area contributed by atoms with Crippen LogP contribution in [0.1, 0.15) is 71.6 Å². The summed E-state index contributed by atoms with van der Waals surface area (Å²) in [5.74, 6) is -1.31. The first-order valence-electron chi connectivity index (χ1n) is 8.30. The fourth-order valence-electron chi connectivity index (χ4n) is 3.57. The highest BCUT2D eigenvalue weighted by Gasteiger charge is 2.47. The van der Waals surface area contributed by atoms with Crippen molar-refractivity contribution in [1.29, 1.82) is 0 Å². The quantitative estimate of drug-likeness (QED) is 0.598. The zero-order valence-electron chi connectivity index (χ0n) is 12.9. The average Bonchev–Trinajstić information content (AvgIpc) is 2.41. The van der Waals surface area contributed by atoms with Gasteiger partial charge in [-0.3, -0.25) is 0 Å². The molecule has 1 fully saturated rings. The smallest absolute Gasteiger partial charge is 0.314 e. The van der Waals surface area contributed by atoms with Gasteiger partial charge in [0, 0.05) is 6.04 Å². The molecule has 0 aliphatic heterocycles. The van der Waals surface area contributed by atoms with Gasteiger partial charge in [-0.1, -0.05) is 52.4 Å². The third-order valence-electron chi connectivity index (χ3n) is 4.59. The Kier molecular flexibility index (Phi) is 7.93. The molecule has 0 spiro atoms. The van der Waals surface area contributed by atoms with Crippen molar-refractivity contribution in [2.24, 2.45) is 11.8 Å². The summed E-state index contributed by atoms with van der Waals surface area (Å²) in [5.41, 5.74) is 0. The number of unbranched alkanes of at least 4 members (excludes halogenated alkanes) is 3. The second kappa shape index (κ2) is 8.91. The van der Waals surface area contributed by atoms with Crippen LogP contribution in [0.25, 0.3) is 0 Å². The molecule has 1 nitrogen and oxygen atoms in total. The van der Waals surface area contributed by atoms with Crippen LogP contribution in [0.2, 0.25) is 0 Å². The molecule has 1 aliphatic rings. The maximum absolute atomic E-state index is 13.2. The molecule has 1 aliphatic carbocycles. The average molecular weight is 293 g/mol. The van der Waals surface area contributed by atoms with E-state index in [1.165, 1.54) is 12.8 Å². The second-order valence-corrected chi connectivity index (χ2v) is 6.11. The minimum absolute atomic E-state index is 0.0452. The van der Waals surface area contributed by atoms with E-state index in [0.717, 1.165) is 45.1 Å². The highest BCUT2D eigenvalue weighted by atomic mass is 19.4. The van der Waals surface area contributed by atoms with Crippen LogP contribution < -0.4 is 5.32 Å². The first-order valence-corrected chi connectivity index (χ1v) is 8.30. The van der Waals surface area contributed by atoms with Crippen molar-refractivity contribution in [2.75, 3.05) is 6.54 Å². The van der Waals surface area contributed by atoms with Gasteiger partial charge in [0.05, 0.1) is 5.92 Å². The number of alkyl halides is 3. The SMILES string of the molecule is CCCCCCC(NCC)C1CCCCC1C(F)(F)F. The van der Waals surface area contributed by atoms with E-state index < -0.39 is 12.1 Å². The molecular weight excluding hydrogens is 263 g/mol. The largest absolute Gasteiger partial charge is 0.392 e. The highest BCUT2D eigenvalue weighted by molar-refractivity contribution is 4.88. The van der Waals surface area contributed by atoms with E-state index in [1.807, 2.05) is 6.92 Å². The molecule has 0 bridgehead atoms. The second-order valence-electron chi connectivity index (χ2n) is 6.11. The Morgan fingerprint density at radius 3 is 2.35 bits per heavy atom.